The summed E-state index contributed by atoms with van der Waals surface area (Å²) in [4.78, 5) is 14.9. The minimum absolute atomic E-state index is 0.0430. The predicted octanol–water partition coefficient (Wildman–Crippen LogP) is 5.74. The summed E-state index contributed by atoms with van der Waals surface area (Å²) in [5.74, 6) is -1.24. The van der Waals surface area contributed by atoms with Crippen molar-refractivity contribution in [1.82, 2.24) is 4.31 Å². The van der Waals surface area contributed by atoms with E-state index >= 15 is 0 Å². The van der Waals surface area contributed by atoms with Gasteiger partial charge >= 0.3 is 0 Å². The Morgan fingerprint density at radius 1 is 0.892 bits per heavy atom. The summed E-state index contributed by atoms with van der Waals surface area (Å²) < 4.78 is 55.6. The fraction of sp³-hybridized carbons (Fsp3) is 0.148. The number of carbonyl (C=O) groups excluding carboxylic acids is 1. The van der Waals surface area contributed by atoms with Crippen LogP contribution in [0.15, 0.2) is 89.1 Å². The minimum atomic E-state index is -4.07. The number of thiophene rings is 1. The maximum absolute atomic E-state index is 13.7. The zero-order valence-corrected chi connectivity index (χ0v) is 21.8. The van der Waals surface area contributed by atoms with E-state index in [0.717, 1.165) is 17.8 Å². The molecular formula is C27H25F2N3O3S2. The van der Waals surface area contributed by atoms with Gasteiger partial charge in [-0.1, -0.05) is 18.2 Å². The normalized spacial score (nSPS) is 11.5. The molecule has 1 amide bonds. The molecule has 1 heterocycles. The van der Waals surface area contributed by atoms with Gasteiger partial charge in [-0.25, -0.2) is 17.2 Å². The van der Waals surface area contributed by atoms with Crippen molar-refractivity contribution in [2.24, 2.45) is 0 Å². The van der Waals surface area contributed by atoms with Crippen LogP contribution in [0.25, 0.3) is 0 Å². The van der Waals surface area contributed by atoms with E-state index in [-0.39, 0.29) is 23.9 Å². The van der Waals surface area contributed by atoms with Crippen molar-refractivity contribution < 1.29 is 22.0 Å². The van der Waals surface area contributed by atoms with Gasteiger partial charge in [0.25, 0.3) is 5.91 Å². The third-order valence-electron chi connectivity index (χ3n) is 5.63. The Hall–Kier alpha value is -3.60. The number of carbonyl (C=O) groups is 1. The van der Waals surface area contributed by atoms with Crippen molar-refractivity contribution in [3.05, 3.63) is 112 Å². The van der Waals surface area contributed by atoms with Crippen molar-refractivity contribution in [1.29, 1.82) is 0 Å². The molecule has 0 saturated heterocycles. The van der Waals surface area contributed by atoms with Crippen LogP contribution >= 0.6 is 11.3 Å². The Labute approximate surface area is 218 Å². The van der Waals surface area contributed by atoms with Crippen LogP contribution in [-0.2, 0) is 23.1 Å². The highest BCUT2D eigenvalue weighted by molar-refractivity contribution is 7.89. The number of hydrogen-bond donors (Lipinski definition) is 1. The van der Waals surface area contributed by atoms with Crippen molar-refractivity contribution in [3.8, 4) is 0 Å². The largest absolute Gasteiger partial charge is 0.377 e. The first-order valence-corrected chi connectivity index (χ1v) is 13.6. The Balaban J connectivity index is 1.72. The first kappa shape index (κ1) is 26.5. The Bertz CT molecular complexity index is 1470. The van der Waals surface area contributed by atoms with Crippen LogP contribution in [-0.4, -0.2) is 32.7 Å². The monoisotopic (exact) mass is 541 g/mol. The van der Waals surface area contributed by atoms with Crippen LogP contribution in [0.2, 0.25) is 0 Å². The first-order chi connectivity index (χ1) is 17.6. The highest BCUT2D eigenvalue weighted by Crippen LogP contribution is 2.29. The molecular weight excluding hydrogens is 516 g/mol. The van der Waals surface area contributed by atoms with Crippen LogP contribution in [0.4, 0.5) is 20.2 Å². The minimum Gasteiger partial charge on any atom is -0.377 e. The molecule has 1 aromatic heterocycles. The predicted molar refractivity (Wildman–Crippen MR) is 142 cm³/mol. The van der Waals surface area contributed by atoms with Gasteiger partial charge in [-0.15, -0.1) is 11.3 Å². The summed E-state index contributed by atoms with van der Waals surface area (Å²) in [5.41, 5.74) is 2.50. The third-order valence-corrected chi connectivity index (χ3v) is 8.31. The number of rotatable bonds is 9. The fourth-order valence-corrected chi connectivity index (χ4v) is 5.82. The van der Waals surface area contributed by atoms with Crippen LogP contribution in [0, 0.1) is 11.6 Å². The van der Waals surface area contributed by atoms with Gasteiger partial charge in [0.15, 0.2) is 0 Å². The fourth-order valence-electron chi connectivity index (χ4n) is 3.79. The van der Waals surface area contributed by atoms with E-state index in [1.165, 1.54) is 52.0 Å². The van der Waals surface area contributed by atoms with Crippen LogP contribution in [0.3, 0.4) is 0 Å². The number of amides is 1. The van der Waals surface area contributed by atoms with Gasteiger partial charge in [-0.2, -0.15) is 4.31 Å². The number of hydrogen-bond acceptors (Lipinski definition) is 5. The van der Waals surface area contributed by atoms with Gasteiger partial charge in [0.1, 0.15) is 11.6 Å². The van der Waals surface area contributed by atoms with Gasteiger partial charge in [-0.05, 0) is 77.2 Å². The Kier molecular flexibility index (Phi) is 8.01. The molecule has 0 bridgehead atoms. The van der Waals surface area contributed by atoms with Gasteiger partial charge in [-0.3, -0.25) is 4.79 Å². The van der Waals surface area contributed by atoms with E-state index in [1.807, 2.05) is 24.4 Å². The standard InChI is InChI=1S/C27H25F2N3O3S2/c1-31(2)25-14-11-23(30-27(33)26-4-3-15-36-26)16-20(25)18-32(17-19-5-7-21(28)8-6-19)37(34,35)24-12-9-22(29)10-13-24/h3-16H,17-18H2,1-2H3,(H,30,33). The maximum Gasteiger partial charge on any atom is 0.265 e. The smallest absolute Gasteiger partial charge is 0.265 e. The molecule has 10 heteroatoms. The summed E-state index contributed by atoms with van der Waals surface area (Å²) in [6.45, 7) is -0.0913. The number of nitrogens with one attached hydrogen (secondary N) is 1. The summed E-state index contributed by atoms with van der Waals surface area (Å²) >= 11 is 1.32. The number of anilines is 2. The van der Waals surface area contributed by atoms with Gasteiger partial charge < -0.3 is 10.2 Å². The van der Waals surface area contributed by atoms with E-state index in [9.17, 15) is 22.0 Å². The average Bonchev–Trinajstić information content (AvgIpc) is 3.40. The quantitative estimate of drug-likeness (QED) is 0.294. The van der Waals surface area contributed by atoms with Crippen LogP contribution < -0.4 is 10.2 Å². The highest BCUT2D eigenvalue weighted by Gasteiger charge is 2.26. The summed E-state index contributed by atoms with van der Waals surface area (Å²) in [6.07, 6.45) is 0. The Morgan fingerprint density at radius 2 is 1.54 bits per heavy atom. The van der Waals surface area contributed by atoms with Gasteiger partial charge in [0.2, 0.25) is 10.0 Å². The topological polar surface area (TPSA) is 69.7 Å². The molecule has 0 fully saturated rings. The molecule has 0 unspecified atom stereocenters. The molecule has 0 atom stereocenters. The van der Waals surface area contributed by atoms with E-state index in [0.29, 0.717) is 21.7 Å². The maximum atomic E-state index is 13.7. The van der Waals surface area contributed by atoms with Crippen LogP contribution in [0.5, 0.6) is 0 Å². The molecule has 0 aliphatic heterocycles. The van der Waals surface area contributed by atoms with Gasteiger partial charge in [0.05, 0.1) is 9.77 Å². The molecule has 1 N–H and O–H groups in total. The lowest BCUT2D eigenvalue weighted by Crippen LogP contribution is -2.31. The second kappa shape index (κ2) is 11.2. The summed E-state index contributed by atoms with van der Waals surface area (Å²) in [7, 11) is -0.400. The summed E-state index contributed by atoms with van der Waals surface area (Å²) in [5, 5.41) is 4.67. The molecule has 37 heavy (non-hydrogen) atoms. The van der Waals surface area contributed by atoms with E-state index in [2.05, 4.69) is 5.32 Å². The molecule has 4 rings (SSSR count). The van der Waals surface area contributed by atoms with Crippen molar-refractivity contribution in [2.75, 3.05) is 24.3 Å². The molecule has 4 aromatic rings. The average molecular weight is 542 g/mol. The zero-order valence-electron chi connectivity index (χ0n) is 20.2. The molecule has 6 nitrogen and oxygen atoms in total. The van der Waals surface area contributed by atoms with E-state index in [1.54, 1.807) is 30.3 Å². The second-order valence-electron chi connectivity index (χ2n) is 8.52. The highest BCUT2D eigenvalue weighted by atomic mass is 32.2. The van der Waals surface area contributed by atoms with Crippen molar-refractivity contribution >= 4 is 38.6 Å². The number of halogens is 2. The number of sulfonamides is 1. The van der Waals surface area contributed by atoms with Crippen molar-refractivity contribution in [3.63, 3.8) is 0 Å². The van der Waals surface area contributed by atoms with Crippen LogP contribution in [0.1, 0.15) is 20.8 Å². The van der Waals surface area contributed by atoms with E-state index in [4.69, 9.17) is 0 Å². The second-order valence-corrected chi connectivity index (χ2v) is 11.4. The first-order valence-electron chi connectivity index (χ1n) is 11.3. The summed E-state index contributed by atoms with van der Waals surface area (Å²) in [6, 6.07) is 19.0. The lowest BCUT2D eigenvalue weighted by molar-refractivity contribution is 0.103. The SMILES string of the molecule is CN(C)c1ccc(NC(=O)c2cccs2)cc1CN(Cc1ccc(F)cc1)S(=O)(=O)c1ccc(F)cc1. The lowest BCUT2D eigenvalue weighted by Gasteiger charge is -2.26. The van der Waals surface area contributed by atoms with E-state index < -0.39 is 21.7 Å². The van der Waals surface area contributed by atoms with Crippen molar-refractivity contribution in [2.45, 2.75) is 18.0 Å². The Morgan fingerprint density at radius 3 is 2.14 bits per heavy atom. The number of nitrogens with zero attached hydrogens (tertiary/aromatic N) is 2. The molecule has 192 valence electrons. The molecule has 0 aliphatic carbocycles. The van der Waals surface area contributed by atoms with Gasteiger partial charge in [0, 0.05) is 38.6 Å². The molecule has 0 spiro atoms. The molecule has 0 saturated carbocycles. The lowest BCUT2D eigenvalue weighted by atomic mass is 10.1. The molecule has 0 aliphatic rings. The molecule has 3 aromatic carbocycles. The third kappa shape index (κ3) is 6.40. The zero-order chi connectivity index (χ0) is 26.6. The molecule has 0 radical (unpaired) electrons. The number of benzene rings is 3.